The number of thiazole rings is 1. The van der Waals surface area contributed by atoms with E-state index >= 15 is 0 Å². The Morgan fingerprint density at radius 3 is 2.52 bits per heavy atom. The molecule has 0 spiro atoms. The van der Waals surface area contributed by atoms with E-state index < -0.39 is 11.8 Å². The molecule has 3 aromatic rings. The molecule has 12 heteroatoms. The van der Waals surface area contributed by atoms with Crippen LogP contribution >= 0.6 is 34.5 Å². The van der Waals surface area contributed by atoms with Crippen LogP contribution in [0.1, 0.15) is 21.6 Å². The van der Waals surface area contributed by atoms with Crippen molar-refractivity contribution in [1.29, 1.82) is 0 Å². The van der Waals surface area contributed by atoms with Gasteiger partial charge in [-0.3, -0.25) is 19.3 Å². The normalized spacial score (nSPS) is 13.7. The highest BCUT2D eigenvalue weighted by Gasteiger charge is 2.24. The topological polar surface area (TPSA) is 95.1 Å². The Balaban J connectivity index is 1.27. The predicted molar refractivity (Wildman–Crippen MR) is 157 cm³/mol. The molecule has 212 valence electrons. The summed E-state index contributed by atoms with van der Waals surface area (Å²) in [7, 11) is 1.51. The Morgan fingerprint density at radius 1 is 1.07 bits per heavy atom. The van der Waals surface area contributed by atoms with Crippen molar-refractivity contribution in [3.8, 4) is 0 Å². The molecule has 0 aliphatic carbocycles. The highest BCUT2D eigenvalue weighted by atomic mass is 35.5. The molecule has 1 aliphatic rings. The fraction of sp³-hybridized carbons (Fsp3) is 0.357. The zero-order chi connectivity index (χ0) is 28.5. The second-order valence-electron chi connectivity index (χ2n) is 9.36. The minimum Gasteiger partial charge on any atom is -0.383 e. The molecule has 0 bridgehead atoms. The summed E-state index contributed by atoms with van der Waals surface area (Å²) in [6.45, 7) is 4.06. The lowest BCUT2D eigenvalue weighted by atomic mass is 10.2. The Kier molecular flexibility index (Phi) is 10.9. The van der Waals surface area contributed by atoms with Crippen molar-refractivity contribution < 1.29 is 19.1 Å². The van der Waals surface area contributed by atoms with Gasteiger partial charge in [-0.15, -0.1) is 11.3 Å². The van der Waals surface area contributed by atoms with Crippen molar-refractivity contribution in [2.24, 2.45) is 0 Å². The third kappa shape index (κ3) is 8.49. The van der Waals surface area contributed by atoms with Gasteiger partial charge in [-0.25, -0.2) is 4.98 Å². The number of rotatable bonds is 11. The average Bonchev–Trinajstić information content (AvgIpc) is 3.37. The van der Waals surface area contributed by atoms with Crippen LogP contribution in [0.25, 0.3) is 0 Å². The van der Waals surface area contributed by atoms with Gasteiger partial charge < -0.3 is 19.9 Å². The number of nitrogens with zero attached hydrogens (tertiary/aromatic N) is 4. The van der Waals surface area contributed by atoms with E-state index in [1.54, 1.807) is 11.4 Å². The number of carbonyl (C=O) groups excluding carboxylic acids is 3. The number of benzene rings is 2. The molecule has 9 nitrogen and oxygen atoms in total. The quantitative estimate of drug-likeness (QED) is 0.355. The first kappa shape index (κ1) is 30.0. The number of halogens is 2. The van der Waals surface area contributed by atoms with Crippen molar-refractivity contribution in [2.75, 3.05) is 58.3 Å². The molecule has 0 saturated carbocycles. The number of carbonyl (C=O) groups is 3. The van der Waals surface area contributed by atoms with E-state index in [1.165, 1.54) is 41.0 Å². The van der Waals surface area contributed by atoms with Crippen LogP contribution in [0.4, 0.5) is 5.13 Å². The van der Waals surface area contributed by atoms with Gasteiger partial charge in [-0.1, -0.05) is 53.5 Å². The lowest BCUT2D eigenvalue weighted by molar-refractivity contribution is -0.132. The largest absolute Gasteiger partial charge is 0.383 e. The first-order valence-corrected chi connectivity index (χ1v) is 14.5. The number of amides is 3. The van der Waals surface area contributed by atoms with E-state index in [4.69, 9.17) is 27.9 Å². The number of methoxy groups -OCH3 is 1. The molecule has 0 unspecified atom stereocenters. The molecule has 2 heterocycles. The van der Waals surface area contributed by atoms with Crippen LogP contribution in [0.15, 0.2) is 53.9 Å². The smallest absolute Gasteiger partial charge is 0.255 e. The Labute approximate surface area is 247 Å². The van der Waals surface area contributed by atoms with Gasteiger partial charge in [0, 0.05) is 56.8 Å². The van der Waals surface area contributed by atoms with Crippen molar-refractivity contribution in [2.45, 2.75) is 13.0 Å². The average molecular weight is 605 g/mol. The predicted octanol–water partition coefficient (Wildman–Crippen LogP) is 4.06. The number of anilines is 1. The monoisotopic (exact) mass is 603 g/mol. The van der Waals surface area contributed by atoms with Gasteiger partial charge in [0.05, 0.1) is 29.3 Å². The van der Waals surface area contributed by atoms with Crippen molar-refractivity contribution in [3.05, 3.63) is 80.8 Å². The fourth-order valence-corrected chi connectivity index (χ4v) is 5.54. The zero-order valence-corrected chi connectivity index (χ0v) is 24.5. The van der Waals surface area contributed by atoms with Gasteiger partial charge in [0.2, 0.25) is 11.8 Å². The molecular formula is C28H31Cl2N5O4S. The molecule has 40 heavy (non-hydrogen) atoms. The van der Waals surface area contributed by atoms with E-state index in [9.17, 15) is 14.4 Å². The van der Waals surface area contributed by atoms with Crippen LogP contribution in [0.2, 0.25) is 10.0 Å². The molecule has 1 aliphatic heterocycles. The summed E-state index contributed by atoms with van der Waals surface area (Å²) in [4.78, 5) is 48.7. The fourth-order valence-electron chi connectivity index (χ4n) is 4.33. The van der Waals surface area contributed by atoms with E-state index in [1.807, 2.05) is 23.1 Å². The highest BCUT2D eigenvalue weighted by Crippen LogP contribution is 2.23. The number of nitrogens with one attached hydrogen (secondary N) is 1. The van der Waals surface area contributed by atoms with Crippen molar-refractivity contribution in [1.82, 2.24) is 19.7 Å². The zero-order valence-electron chi connectivity index (χ0n) is 22.1. The molecule has 3 amide bonds. The third-order valence-electron chi connectivity index (χ3n) is 6.45. The van der Waals surface area contributed by atoms with Crippen LogP contribution in [-0.4, -0.2) is 90.4 Å². The summed E-state index contributed by atoms with van der Waals surface area (Å²) in [5.74, 6) is -0.821. The molecule has 4 rings (SSSR count). The standard InChI is InChI=1S/C28H31Cl2N5O4S/c1-39-14-13-35(27(38)23-8-7-21(29)15-24(23)30)18-25(36)32-28-31-22(19-40-28)16-26(37)34-11-9-33(10-12-34)17-20-5-3-2-4-6-20/h2-8,15,19H,9-14,16-18H2,1H3,(H,31,32,36). The summed E-state index contributed by atoms with van der Waals surface area (Å²) in [5, 5.41) is 5.47. The maximum atomic E-state index is 13.1. The van der Waals surface area contributed by atoms with Gasteiger partial charge in [-0.2, -0.15) is 0 Å². The Bertz CT molecular complexity index is 1320. The van der Waals surface area contributed by atoms with Gasteiger partial charge >= 0.3 is 0 Å². The van der Waals surface area contributed by atoms with Crippen LogP contribution in [0, 0.1) is 0 Å². The molecule has 1 N–H and O–H groups in total. The number of piperazine rings is 1. The summed E-state index contributed by atoms with van der Waals surface area (Å²) in [6, 6.07) is 14.9. The van der Waals surface area contributed by atoms with Crippen molar-refractivity contribution >= 4 is 57.4 Å². The second kappa shape index (κ2) is 14.6. The Morgan fingerprint density at radius 2 is 1.82 bits per heavy atom. The van der Waals surface area contributed by atoms with E-state index in [-0.39, 0.29) is 42.6 Å². The molecule has 0 atom stereocenters. The maximum absolute atomic E-state index is 13.1. The summed E-state index contributed by atoms with van der Waals surface area (Å²) >= 11 is 13.4. The lowest BCUT2D eigenvalue weighted by Gasteiger charge is -2.34. The van der Waals surface area contributed by atoms with Gasteiger partial charge in [0.15, 0.2) is 5.13 Å². The van der Waals surface area contributed by atoms with E-state index in [0.29, 0.717) is 28.9 Å². The van der Waals surface area contributed by atoms with E-state index in [2.05, 4.69) is 27.3 Å². The lowest BCUT2D eigenvalue weighted by Crippen LogP contribution is -2.48. The van der Waals surface area contributed by atoms with E-state index in [0.717, 1.165) is 19.6 Å². The van der Waals surface area contributed by atoms with Crippen LogP contribution in [0.5, 0.6) is 0 Å². The molecule has 1 fully saturated rings. The number of aromatic nitrogens is 1. The van der Waals surface area contributed by atoms with Crippen LogP contribution < -0.4 is 5.32 Å². The summed E-state index contributed by atoms with van der Waals surface area (Å²) in [5.41, 5.74) is 2.10. The summed E-state index contributed by atoms with van der Waals surface area (Å²) in [6.07, 6.45) is 0.165. The highest BCUT2D eigenvalue weighted by molar-refractivity contribution is 7.13. The second-order valence-corrected chi connectivity index (χ2v) is 11.1. The van der Waals surface area contributed by atoms with Gasteiger partial charge in [0.1, 0.15) is 6.54 Å². The van der Waals surface area contributed by atoms with Gasteiger partial charge in [0.25, 0.3) is 5.91 Å². The van der Waals surface area contributed by atoms with Crippen LogP contribution in [0.3, 0.4) is 0 Å². The van der Waals surface area contributed by atoms with Crippen LogP contribution in [-0.2, 0) is 27.3 Å². The first-order chi connectivity index (χ1) is 19.3. The molecule has 1 saturated heterocycles. The SMILES string of the molecule is COCCN(CC(=O)Nc1nc(CC(=O)N2CCN(Cc3ccccc3)CC2)cs1)C(=O)c1ccc(Cl)cc1Cl. The molecule has 2 aromatic carbocycles. The first-order valence-electron chi connectivity index (χ1n) is 12.8. The maximum Gasteiger partial charge on any atom is 0.255 e. The Hall–Kier alpha value is -3.02. The molecule has 0 radical (unpaired) electrons. The summed E-state index contributed by atoms with van der Waals surface area (Å²) < 4.78 is 5.10. The minimum atomic E-state index is -0.420. The number of ether oxygens (including phenoxy) is 1. The number of hydrogen-bond donors (Lipinski definition) is 1. The molecule has 1 aromatic heterocycles. The number of hydrogen-bond acceptors (Lipinski definition) is 7. The van der Waals surface area contributed by atoms with Gasteiger partial charge in [-0.05, 0) is 23.8 Å². The third-order valence-corrected chi connectivity index (χ3v) is 7.81. The minimum absolute atomic E-state index is 0.0127. The van der Waals surface area contributed by atoms with Crippen molar-refractivity contribution in [3.63, 3.8) is 0 Å². The molecular weight excluding hydrogens is 573 g/mol.